The molecule has 3 nitrogen and oxygen atoms in total. The lowest BCUT2D eigenvalue weighted by Gasteiger charge is -2.08. The minimum atomic E-state index is -0.652. The Hall–Kier alpha value is -2.76. The minimum Gasteiger partial charge on any atom is -0.322 e. The van der Waals surface area contributed by atoms with Gasteiger partial charge in [0.1, 0.15) is 10.8 Å². The summed E-state index contributed by atoms with van der Waals surface area (Å²) in [5.41, 5.74) is 2.30. The Kier molecular flexibility index (Phi) is 4.41. The molecule has 6 heteroatoms. The van der Waals surface area contributed by atoms with Crippen LogP contribution in [-0.4, -0.2) is 10.9 Å². The van der Waals surface area contributed by atoms with Crippen molar-refractivity contribution in [3.05, 3.63) is 83.1 Å². The van der Waals surface area contributed by atoms with Gasteiger partial charge in [0.05, 0.1) is 20.8 Å². The highest BCUT2D eigenvalue weighted by molar-refractivity contribution is 7.21. The number of halogens is 2. The Balaban J connectivity index is 1.57. The number of thiazole rings is 1. The first-order chi connectivity index (χ1) is 12.6. The number of nitrogens with zero attached hydrogens (tertiary/aromatic N) is 1. The number of amides is 1. The lowest BCUT2D eigenvalue weighted by atomic mass is 10.1. The fraction of sp³-hybridized carbons (Fsp3) is 0. The number of hydrogen-bond donors (Lipinski definition) is 1. The summed E-state index contributed by atoms with van der Waals surface area (Å²) < 4.78 is 15.0. The van der Waals surface area contributed by atoms with E-state index in [1.807, 2.05) is 36.4 Å². The SMILES string of the molecule is O=C(Nc1ccc(-c2nc3ccccc3s2)cc1)c1c(F)cccc1Cl. The van der Waals surface area contributed by atoms with E-state index >= 15 is 0 Å². The van der Waals surface area contributed by atoms with Crippen LogP contribution in [0.1, 0.15) is 10.4 Å². The molecule has 3 aromatic carbocycles. The summed E-state index contributed by atoms with van der Waals surface area (Å²) in [6.45, 7) is 0. The van der Waals surface area contributed by atoms with Gasteiger partial charge in [-0.05, 0) is 48.5 Å². The van der Waals surface area contributed by atoms with Crippen molar-refractivity contribution in [1.29, 1.82) is 0 Å². The van der Waals surface area contributed by atoms with E-state index in [0.717, 1.165) is 20.8 Å². The van der Waals surface area contributed by atoms with E-state index in [9.17, 15) is 9.18 Å². The number of fused-ring (bicyclic) bond motifs is 1. The van der Waals surface area contributed by atoms with Crippen molar-refractivity contribution in [2.75, 3.05) is 5.32 Å². The van der Waals surface area contributed by atoms with E-state index in [1.54, 1.807) is 23.5 Å². The molecule has 1 aromatic heterocycles. The fourth-order valence-corrected chi connectivity index (χ4v) is 3.82. The standard InChI is InChI=1S/C20H12ClFN2OS/c21-14-4-3-5-15(22)18(14)19(25)23-13-10-8-12(9-11-13)20-24-16-6-1-2-7-17(16)26-20/h1-11H,(H,23,25). The highest BCUT2D eigenvalue weighted by Gasteiger charge is 2.16. The average Bonchev–Trinajstić information content (AvgIpc) is 3.06. The second-order valence-electron chi connectivity index (χ2n) is 5.61. The van der Waals surface area contributed by atoms with Gasteiger partial charge >= 0.3 is 0 Å². The number of benzene rings is 3. The summed E-state index contributed by atoms with van der Waals surface area (Å²) in [6, 6.07) is 19.4. The van der Waals surface area contributed by atoms with Crippen molar-refractivity contribution in [3.63, 3.8) is 0 Å². The van der Waals surface area contributed by atoms with Crippen LogP contribution in [0, 0.1) is 5.82 Å². The van der Waals surface area contributed by atoms with Gasteiger partial charge in [-0.15, -0.1) is 11.3 Å². The molecule has 4 rings (SSSR count). The second-order valence-corrected chi connectivity index (χ2v) is 7.05. The zero-order valence-corrected chi connectivity index (χ0v) is 14.9. The largest absolute Gasteiger partial charge is 0.322 e. The normalized spacial score (nSPS) is 10.8. The molecule has 0 fully saturated rings. The first kappa shape index (κ1) is 16.7. The maximum absolute atomic E-state index is 13.8. The van der Waals surface area contributed by atoms with Gasteiger partial charge in [0.2, 0.25) is 0 Å². The van der Waals surface area contributed by atoms with Gasteiger partial charge < -0.3 is 5.32 Å². The molecule has 0 bridgehead atoms. The van der Waals surface area contributed by atoms with E-state index in [1.165, 1.54) is 18.2 Å². The molecule has 0 unspecified atom stereocenters. The number of hydrogen-bond acceptors (Lipinski definition) is 3. The highest BCUT2D eigenvalue weighted by atomic mass is 35.5. The molecule has 0 aliphatic rings. The molecular formula is C20H12ClFN2OS. The molecule has 0 aliphatic heterocycles. The molecule has 1 amide bonds. The zero-order valence-electron chi connectivity index (χ0n) is 13.4. The summed E-state index contributed by atoms with van der Waals surface area (Å²) >= 11 is 7.53. The molecule has 1 N–H and O–H groups in total. The predicted octanol–water partition coefficient (Wildman–Crippen LogP) is 6.01. The molecule has 0 aliphatic carbocycles. The van der Waals surface area contributed by atoms with Gasteiger partial charge in [-0.2, -0.15) is 0 Å². The molecule has 128 valence electrons. The third kappa shape index (κ3) is 3.19. The molecule has 26 heavy (non-hydrogen) atoms. The van der Waals surface area contributed by atoms with E-state index in [0.29, 0.717) is 5.69 Å². The summed E-state index contributed by atoms with van der Waals surface area (Å²) in [7, 11) is 0. The third-order valence-corrected chi connectivity index (χ3v) is 5.27. The Morgan fingerprint density at radius 2 is 1.77 bits per heavy atom. The number of carbonyl (C=O) groups is 1. The summed E-state index contributed by atoms with van der Waals surface area (Å²) in [5.74, 6) is -1.23. The topological polar surface area (TPSA) is 42.0 Å². The number of nitrogens with one attached hydrogen (secondary N) is 1. The zero-order chi connectivity index (χ0) is 18.1. The average molecular weight is 383 g/mol. The van der Waals surface area contributed by atoms with Crippen LogP contribution in [0.4, 0.5) is 10.1 Å². The predicted molar refractivity (Wildman–Crippen MR) is 104 cm³/mol. The highest BCUT2D eigenvalue weighted by Crippen LogP contribution is 2.30. The first-order valence-corrected chi connectivity index (χ1v) is 9.02. The van der Waals surface area contributed by atoms with Crippen LogP contribution in [0.2, 0.25) is 5.02 Å². The van der Waals surface area contributed by atoms with E-state index in [4.69, 9.17) is 11.6 Å². The van der Waals surface area contributed by atoms with Gasteiger partial charge in [0.25, 0.3) is 5.91 Å². The lowest BCUT2D eigenvalue weighted by molar-refractivity contribution is 0.102. The quantitative estimate of drug-likeness (QED) is 0.471. The number of para-hydroxylation sites is 1. The Morgan fingerprint density at radius 3 is 2.50 bits per heavy atom. The maximum atomic E-state index is 13.8. The Morgan fingerprint density at radius 1 is 1.00 bits per heavy atom. The van der Waals surface area contributed by atoms with Crippen molar-refractivity contribution < 1.29 is 9.18 Å². The lowest BCUT2D eigenvalue weighted by Crippen LogP contribution is -2.14. The van der Waals surface area contributed by atoms with Gasteiger partial charge in [0, 0.05) is 11.3 Å². The van der Waals surface area contributed by atoms with Crippen LogP contribution in [0.25, 0.3) is 20.8 Å². The van der Waals surface area contributed by atoms with Crippen LogP contribution >= 0.6 is 22.9 Å². The van der Waals surface area contributed by atoms with Crippen molar-refractivity contribution in [3.8, 4) is 10.6 Å². The smallest absolute Gasteiger partial charge is 0.260 e. The fourth-order valence-electron chi connectivity index (χ4n) is 2.60. The first-order valence-electron chi connectivity index (χ1n) is 7.83. The van der Waals surface area contributed by atoms with Crippen molar-refractivity contribution in [2.24, 2.45) is 0 Å². The van der Waals surface area contributed by atoms with Crippen LogP contribution < -0.4 is 5.32 Å². The Bertz CT molecular complexity index is 1060. The minimum absolute atomic E-state index is 0.0774. The number of carbonyl (C=O) groups excluding carboxylic acids is 1. The van der Waals surface area contributed by atoms with Crippen LogP contribution in [0.15, 0.2) is 66.7 Å². The van der Waals surface area contributed by atoms with E-state index < -0.39 is 11.7 Å². The van der Waals surface area contributed by atoms with Crippen LogP contribution in [0.5, 0.6) is 0 Å². The van der Waals surface area contributed by atoms with Gasteiger partial charge in [0.15, 0.2) is 0 Å². The molecule has 0 radical (unpaired) electrons. The van der Waals surface area contributed by atoms with E-state index in [2.05, 4.69) is 10.3 Å². The van der Waals surface area contributed by atoms with Crippen molar-refractivity contribution >= 4 is 44.7 Å². The molecule has 0 spiro atoms. The third-order valence-electron chi connectivity index (χ3n) is 3.87. The molecule has 4 aromatic rings. The van der Waals surface area contributed by atoms with Crippen LogP contribution in [0.3, 0.4) is 0 Å². The van der Waals surface area contributed by atoms with Crippen molar-refractivity contribution in [1.82, 2.24) is 4.98 Å². The maximum Gasteiger partial charge on any atom is 0.260 e. The monoisotopic (exact) mass is 382 g/mol. The molecule has 0 saturated carbocycles. The molecule has 1 heterocycles. The van der Waals surface area contributed by atoms with Gasteiger partial charge in [-0.25, -0.2) is 9.37 Å². The molecule has 0 atom stereocenters. The number of aromatic nitrogens is 1. The van der Waals surface area contributed by atoms with Gasteiger partial charge in [-0.1, -0.05) is 29.8 Å². The summed E-state index contributed by atoms with van der Waals surface area (Å²) in [6.07, 6.45) is 0. The summed E-state index contributed by atoms with van der Waals surface area (Å²) in [4.78, 5) is 16.9. The van der Waals surface area contributed by atoms with Crippen LogP contribution in [-0.2, 0) is 0 Å². The van der Waals surface area contributed by atoms with E-state index in [-0.39, 0.29) is 10.6 Å². The molecular weight excluding hydrogens is 371 g/mol. The Labute approximate surface area is 158 Å². The van der Waals surface area contributed by atoms with Crippen molar-refractivity contribution in [2.45, 2.75) is 0 Å². The number of anilines is 1. The van der Waals surface area contributed by atoms with Gasteiger partial charge in [-0.3, -0.25) is 4.79 Å². The molecule has 0 saturated heterocycles. The second kappa shape index (κ2) is 6.86. The summed E-state index contributed by atoms with van der Waals surface area (Å²) in [5, 5.41) is 3.65. The number of rotatable bonds is 3.